The van der Waals surface area contributed by atoms with Crippen LogP contribution in [0.2, 0.25) is 0 Å². The van der Waals surface area contributed by atoms with Gasteiger partial charge in [-0.3, -0.25) is 4.90 Å². The van der Waals surface area contributed by atoms with Crippen molar-refractivity contribution in [1.82, 2.24) is 9.88 Å². The number of ether oxygens (including phenoxy) is 2. The number of piperidine rings is 1. The van der Waals surface area contributed by atoms with E-state index in [0.29, 0.717) is 18.9 Å². The number of benzene rings is 2. The molecule has 2 heterocycles. The fourth-order valence-corrected chi connectivity index (χ4v) is 4.86. The van der Waals surface area contributed by atoms with Crippen molar-refractivity contribution < 1.29 is 19.4 Å². The molecule has 174 valence electrons. The number of H-pyrrole nitrogens is 1. The Morgan fingerprint density at radius 2 is 2.03 bits per heavy atom. The summed E-state index contributed by atoms with van der Waals surface area (Å²) in [6.07, 6.45) is 3.86. The molecule has 0 bridgehead atoms. The lowest BCUT2D eigenvalue weighted by Gasteiger charge is -2.40. The number of aromatic amines is 1. The van der Waals surface area contributed by atoms with Gasteiger partial charge >= 0.3 is 5.97 Å². The largest absolute Gasteiger partial charge is 0.496 e. The molecule has 1 fully saturated rings. The standard InChI is InChI=1S/C26H31N3O4/c1-4-33-19-10-12-29(23(13-19)17-5-7-18(8-6-17)26(30)31)15-22-20-9-11-28-25(20)21(16(2)27)14-24(22)32-3/h5-9,11,14,19,23,27-28H,4,10,12-13,15H2,1-3H3,(H,30,31)/t19-,23-/m0/s1. The van der Waals surface area contributed by atoms with Gasteiger partial charge in [0.15, 0.2) is 0 Å². The number of carboxylic acid groups (broad SMARTS) is 1. The zero-order chi connectivity index (χ0) is 23.5. The first-order valence-electron chi connectivity index (χ1n) is 11.3. The monoisotopic (exact) mass is 449 g/mol. The minimum Gasteiger partial charge on any atom is -0.496 e. The van der Waals surface area contributed by atoms with E-state index in [1.807, 2.05) is 37.4 Å². The number of hydrogen-bond donors (Lipinski definition) is 3. The molecular formula is C26H31N3O4. The van der Waals surface area contributed by atoms with E-state index < -0.39 is 5.97 Å². The van der Waals surface area contributed by atoms with Gasteiger partial charge in [0.25, 0.3) is 0 Å². The van der Waals surface area contributed by atoms with Gasteiger partial charge < -0.3 is 25.0 Å². The van der Waals surface area contributed by atoms with Crippen molar-refractivity contribution in [3.63, 3.8) is 0 Å². The predicted octanol–water partition coefficient (Wildman–Crippen LogP) is 5.00. The smallest absolute Gasteiger partial charge is 0.335 e. The maximum absolute atomic E-state index is 11.3. The summed E-state index contributed by atoms with van der Waals surface area (Å²) in [6.45, 7) is 6.01. The van der Waals surface area contributed by atoms with Crippen LogP contribution in [0.5, 0.6) is 5.75 Å². The van der Waals surface area contributed by atoms with Crippen molar-refractivity contribution >= 4 is 22.6 Å². The van der Waals surface area contributed by atoms with E-state index in [1.165, 1.54) is 0 Å². The summed E-state index contributed by atoms with van der Waals surface area (Å²) in [5.41, 5.74) is 4.73. The molecule has 0 aliphatic carbocycles. The van der Waals surface area contributed by atoms with Gasteiger partial charge in [0.05, 0.1) is 24.3 Å². The Kier molecular flexibility index (Phi) is 6.81. The number of fused-ring (bicyclic) bond motifs is 1. The minimum atomic E-state index is -0.921. The molecule has 7 heteroatoms. The van der Waals surface area contributed by atoms with E-state index in [4.69, 9.17) is 14.9 Å². The second-order valence-corrected chi connectivity index (χ2v) is 8.51. The molecule has 1 saturated heterocycles. The number of carboxylic acids is 1. The highest BCUT2D eigenvalue weighted by molar-refractivity contribution is 6.08. The van der Waals surface area contributed by atoms with Crippen molar-refractivity contribution in [3.05, 3.63) is 64.8 Å². The van der Waals surface area contributed by atoms with E-state index >= 15 is 0 Å². The van der Waals surface area contributed by atoms with Crippen LogP contribution in [0.3, 0.4) is 0 Å². The topological polar surface area (TPSA) is 98.6 Å². The minimum absolute atomic E-state index is 0.0981. The van der Waals surface area contributed by atoms with Crippen LogP contribution in [0, 0.1) is 5.41 Å². The molecule has 3 aromatic rings. The highest BCUT2D eigenvalue weighted by atomic mass is 16.5. The summed E-state index contributed by atoms with van der Waals surface area (Å²) < 4.78 is 11.7. The third kappa shape index (κ3) is 4.65. The molecule has 0 amide bonds. The number of aromatic nitrogens is 1. The highest BCUT2D eigenvalue weighted by Gasteiger charge is 2.31. The van der Waals surface area contributed by atoms with Crippen molar-refractivity contribution in [2.45, 2.75) is 45.4 Å². The van der Waals surface area contributed by atoms with Crippen LogP contribution in [0.1, 0.15) is 59.8 Å². The van der Waals surface area contributed by atoms with Crippen molar-refractivity contribution in [3.8, 4) is 5.75 Å². The van der Waals surface area contributed by atoms with Crippen molar-refractivity contribution in [1.29, 1.82) is 5.41 Å². The number of rotatable bonds is 8. The number of hydrogen-bond acceptors (Lipinski definition) is 5. The molecule has 0 unspecified atom stereocenters. The average Bonchev–Trinajstić information content (AvgIpc) is 3.30. The quantitative estimate of drug-likeness (QED) is 0.420. The lowest BCUT2D eigenvalue weighted by atomic mass is 9.91. The SMILES string of the molecule is CCO[C@H]1CCN(Cc2c(OC)cc(C(C)=N)c3[nH]ccc23)[C@H](c2ccc(C(=O)O)cc2)C1. The molecular weight excluding hydrogens is 418 g/mol. The van der Waals surface area contributed by atoms with Crippen molar-refractivity contribution in [2.24, 2.45) is 0 Å². The Morgan fingerprint density at radius 1 is 1.27 bits per heavy atom. The lowest BCUT2D eigenvalue weighted by Crippen LogP contribution is -2.39. The summed E-state index contributed by atoms with van der Waals surface area (Å²) >= 11 is 0. The number of nitrogens with one attached hydrogen (secondary N) is 2. The molecule has 33 heavy (non-hydrogen) atoms. The van der Waals surface area contributed by atoms with Gasteiger partial charge in [-0.15, -0.1) is 0 Å². The van der Waals surface area contributed by atoms with Gasteiger partial charge in [-0.05, 0) is 56.5 Å². The van der Waals surface area contributed by atoms with Crippen molar-refractivity contribution in [2.75, 3.05) is 20.3 Å². The molecule has 7 nitrogen and oxygen atoms in total. The normalized spacial score (nSPS) is 19.0. The third-order valence-corrected chi connectivity index (χ3v) is 6.51. The summed E-state index contributed by atoms with van der Waals surface area (Å²) in [5.74, 6) is -0.147. The maximum Gasteiger partial charge on any atom is 0.335 e. The summed E-state index contributed by atoms with van der Waals surface area (Å²) in [5, 5.41) is 18.5. The number of carbonyl (C=O) groups is 1. The third-order valence-electron chi connectivity index (χ3n) is 6.51. The number of aromatic carboxylic acids is 1. The second kappa shape index (κ2) is 9.77. The molecule has 2 aromatic carbocycles. The molecule has 1 aliphatic rings. The first-order chi connectivity index (χ1) is 15.9. The molecule has 4 rings (SSSR count). The molecule has 1 aromatic heterocycles. The summed E-state index contributed by atoms with van der Waals surface area (Å²) in [6, 6.07) is 11.3. The highest BCUT2D eigenvalue weighted by Crippen LogP contribution is 2.38. The number of methoxy groups -OCH3 is 1. The summed E-state index contributed by atoms with van der Waals surface area (Å²) in [4.78, 5) is 17.0. The van der Waals surface area contributed by atoms with Crippen LogP contribution in [0.25, 0.3) is 10.9 Å². The van der Waals surface area contributed by atoms with Gasteiger partial charge in [-0.25, -0.2) is 4.79 Å². The predicted molar refractivity (Wildman–Crippen MR) is 129 cm³/mol. The van der Waals surface area contributed by atoms with Gasteiger partial charge in [0, 0.05) is 54.2 Å². The van der Waals surface area contributed by atoms with Gasteiger partial charge in [0.1, 0.15) is 5.75 Å². The number of likely N-dealkylation sites (tertiary alicyclic amines) is 1. The van der Waals surface area contributed by atoms with E-state index in [-0.39, 0.29) is 17.7 Å². The Balaban J connectivity index is 1.71. The van der Waals surface area contributed by atoms with E-state index in [1.54, 1.807) is 26.2 Å². The Hall–Kier alpha value is -3.16. The van der Waals surface area contributed by atoms with Gasteiger partial charge in [0.2, 0.25) is 0 Å². The van der Waals surface area contributed by atoms with Crippen LogP contribution in [-0.2, 0) is 11.3 Å². The van der Waals surface area contributed by atoms with Crippen LogP contribution in [0.15, 0.2) is 42.6 Å². The Labute approximate surface area is 193 Å². The van der Waals surface area contributed by atoms with E-state index in [0.717, 1.165) is 52.7 Å². The zero-order valence-electron chi connectivity index (χ0n) is 19.4. The Bertz CT molecular complexity index is 1150. The average molecular weight is 450 g/mol. The molecule has 0 radical (unpaired) electrons. The van der Waals surface area contributed by atoms with Crippen LogP contribution in [-0.4, -0.2) is 53.0 Å². The molecule has 3 N–H and O–H groups in total. The lowest BCUT2D eigenvalue weighted by molar-refractivity contribution is -0.0138. The van der Waals surface area contributed by atoms with Gasteiger partial charge in [-0.2, -0.15) is 0 Å². The first kappa shape index (κ1) is 23.0. The van der Waals surface area contributed by atoms with E-state index in [2.05, 4.69) is 9.88 Å². The second-order valence-electron chi connectivity index (χ2n) is 8.51. The molecule has 0 saturated carbocycles. The zero-order valence-corrected chi connectivity index (χ0v) is 19.4. The van der Waals surface area contributed by atoms with Crippen LogP contribution < -0.4 is 4.74 Å². The molecule has 2 atom stereocenters. The molecule has 1 aliphatic heterocycles. The Morgan fingerprint density at radius 3 is 2.67 bits per heavy atom. The van der Waals surface area contributed by atoms with Crippen LogP contribution in [0.4, 0.5) is 0 Å². The van der Waals surface area contributed by atoms with E-state index in [9.17, 15) is 9.90 Å². The maximum atomic E-state index is 11.3. The fourth-order valence-electron chi connectivity index (χ4n) is 4.86. The van der Waals surface area contributed by atoms with Crippen LogP contribution >= 0.6 is 0 Å². The molecule has 0 spiro atoms. The summed E-state index contributed by atoms with van der Waals surface area (Å²) in [7, 11) is 1.67. The van der Waals surface area contributed by atoms with Gasteiger partial charge in [-0.1, -0.05) is 12.1 Å². The first-order valence-corrected chi connectivity index (χ1v) is 11.3. The fraction of sp³-hybridized carbons (Fsp3) is 0.385. The number of nitrogens with zero attached hydrogens (tertiary/aromatic N) is 1.